The summed E-state index contributed by atoms with van der Waals surface area (Å²) in [6.45, 7) is 2.73. The second-order valence-electron chi connectivity index (χ2n) is 7.70. The van der Waals surface area contributed by atoms with Crippen molar-refractivity contribution in [2.45, 2.75) is 19.8 Å². The Labute approximate surface area is 181 Å². The van der Waals surface area contributed by atoms with Crippen molar-refractivity contribution in [3.63, 3.8) is 0 Å². The number of carbonyl (C=O) groups is 1. The van der Waals surface area contributed by atoms with Crippen LogP contribution in [0.2, 0.25) is 0 Å². The molecule has 31 heavy (non-hydrogen) atoms. The Morgan fingerprint density at radius 2 is 1.87 bits per heavy atom. The number of ketones is 1. The molecule has 0 spiro atoms. The van der Waals surface area contributed by atoms with Gasteiger partial charge in [0.1, 0.15) is 0 Å². The third-order valence-electron chi connectivity index (χ3n) is 4.95. The number of anilines is 2. The first-order valence-corrected chi connectivity index (χ1v) is 10.1. The average Bonchev–Trinajstić information content (AvgIpc) is 2.74. The van der Waals surface area contributed by atoms with Gasteiger partial charge in [-0.1, -0.05) is 42.0 Å². The van der Waals surface area contributed by atoms with Crippen molar-refractivity contribution in [2.75, 3.05) is 26.0 Å². The van der Waals surface area contributed by atoms with Gasteiger partial charge in [-0.15, -0.1) is 0 Å². The first-order chi connectivity index (χ1) is 14.9. The van der Waals surface area contributed by atoms with E-state index in [-0.39, 0.29) is 17.3 Å². The normalized spacial score (nSPS) is 10.8. The van der Waals surface area contributed by atoms with Gasteiger partial charge in [0, 0.05) is 22.9 Å². The van der Waals surface area contributed by atoms with Gasteiger partial charge >= 0.3 is 5.69 Å². The predicted molar refractivity (Wildman–Crippen MR) is 122 cm³/mol. The number of hydrogen-bond donors (Lipinski definition) is 1. The number of pyridine rings is 1. The van der Waals surface area contributed by atoms with Gasteiger partial charge in [0.15, 0.2) is 5.78 Å². The molecule has 0 saturated carbocycles. The van der Waals surface area contributed by atoms with Crippen molar-refractivity contribution < 1.29 is 9.72 Å². The van der Waals surface area contributed by atoms with Gasteiger partial charge in [-0.2, -0.15) is 0 Å². The lowest BCUT2D eigenvalue weighted by molar-refractivity contribution is -0.384. The molecule has 3 aromatic rings. The molecule has 0 unspecified atom stereocenters. The fraction of sp³-hybridized carbons (Fsp3) is 0.250. The predicted octanol–water partition coefficient (Wildman–Crippen LogP) is 4.77. The summed E-state index contributed by atoms with van der Waals surface area (Å²) in [5.74, 6) is -0.0186. The molecule has 0 aliphatic heterocycles. The molecule has 2 aromatic carbocycles. The number of rotatable bonds is 9. The van der Waals surface area contributed by atoms with Gasteiger partial charge < -0.3 is 10.2 Å². The fourth-order valence-corrected chi connectivity index (χ4v) is 3.40. The summed E-state index contributed by atoms with van der Waals surface area (Å²) in [7, 11) is 3.94. The van der Waals surface area contributed by atoms with Crippen LogP contribution in [0.15, 0.2) is 60.8 Å². The van der Waals surface area contributed by atoms with E-state index in [4.69, 9.17) is 0 Å². The lowest BCUT2D eigenvalue weighted by atomic mass is 9.99. The second-order valence-corrected chi connectivity index (χ2v) is 7.70. The Morgan fingerprint density at radius 3 is 2.55 bits per heavy atom. The molecule has 1 N–H and O–H groups in total. The van der Waals surface area contributed by atoms with Crippen LogP contribution in [0.25, 0.3) is 0 Å². The summed E-state index contributed by atoms with van der Waals surface area (Å²) in [6, 6.07) is 16.0. The Hall–Kier alpha value is -3.58. The number of aryl methyl sites for hydroxylation is 2. The van der Waals surface area contributed by atoms with Crippen LogP contribution in [0.5, 0.6) is 0 Å². The summed E-state index contributed by atoms with van der Waals surface area (Å²) >= 11 is 0. The third kappa shape index (κ3) is 5.52. The topological polar surface area (TPSA) is 88.4 Å². The largest absolute Gasteiger partial charge is 0.334 e. The van der Waals surface area contributed by atoms with E-state index in [1.807, 2.05) is 38.1 Å². The molecule has 0 amide bonds. The smallest absolute Gasteiger partial charge is 0.314 e. The molecule has 0 aliphatic rings. The Balaban J connectivity index is 1.97. The van der Waals surface area contributed by atoms with E-state index in [1.54, 1.807) is 48.7 Å². The molecular formula is C24H26N4O3. The van der Waals surface area contributed by atoms with Crippen LogP contribution in [0.1, 0.15) is 33.5 Å². The minimum atomic E-state index is -0.410. The zero-order chi connectivity index (χ0) is 22.4. The monoisotopic (exact) mass is 418 g/mol. The molecular weight excluding hydrogens is 392 g/mol. The maximum Gasteiger partial charge on any atom is 0.314 e. The summed E-state index contributed by atoms with van der Waals surface area (Å²) < 4.78 is 0. The molecule has 0 radical (unpaired) electrons. The molecule has 160 valence electrons. The number of nitrogens with one attached hydrogen (secondary N) is 1. The zero-order valence-electron chi connectivity index (χ0n) is 18.0. The highest BCUT2D eigenvalue weighted by Crippen LogP contribution is 2.32. The van der Waals surface area contributed by atoms with E-state index in [0.29, 0.717) is 28.8 Å². The SMILES string of the molecule is Cc1ccc(Nc2nccc(CCCN(C)C)c2[N+](=O)[O-])c(C(=O)c2ccccc2)c1. The minimum Gasteiger partial charge on any atom is -0.334 e. The van der Waals surface area contributed by atoms with E-state index in [9.17, 15) is 14.9 Å². The van der Waals surface area contributed by atoms with Crippen molar-refractivity contribution in [3.05, 3.63) is 93.2 Å². The number of nitrogens with zero attached hydrogens (tertiary/aromatic N) is 3. The molecule has 1 heterocycles. The molecule has 1 aromatic heterocycles. The van der Waals surface area contributed by atoms with Crippen LogP contribution in [-0.2, 0) is 6.42 Å². The number of carbonyl (C=O) groups excluding carboxylic acids is 1. The van der Waals surface area contributed by atoms with Crippen molar-refractivity contribution in [2.24, 2.45) is 0 Å². The van der Waals surface area contributed by atoms with E-state index in [0.717, 1.165) is 18.5 Å². The molecule has 0 fully saturated rings. The highest BCUT2D eigenvalue weighted by atomic mass is 16.6. The van der Waals surface area contributed by atoms with Gasteiger partial charge in [0.05, 0.1) is 10.6 Å². The molecule has 3 rings (SSSR count). The number of aromatic nitrogens is 1. The molecule has 7 nitrogen and oxygen atoms in total. The third-order valence-corrected chi connectivity index (χ3v) is 4.95. The lowest BCUT2D eigenvalue weighted by Gasteiger charge is -2.14. The second kappa shape index (κ2) is 9.95. The van der Waals surface area contributed by atoms with Crippen LogP contribution in [-0.4, -0.2) is 41.2 Å². The molecule has 0 aliphatic carbocycles. The summed E-state index contributed by atoms with van der Waals surface area (Å²) in [5.41, 5.74) is 2.97. The summed E-state index contributed by atoms with van der Waals surface area (Å²) in [4.78, 5) is 30.8. The standard InChI is InChI=1S/C24H26N4O3/c1-17-11-12-21(20(16-17)23(29)19-8-5-4-6-9-19)26-24-22(28(30)31)18(13-14-25-24)10-7-15-27(2)3/h4-6,8-9,11-14,16H,7,10,15H2,1-3H3,(H,25,26). The van der Waals surface area contributed by atoms with E-state index >= 15 is 0 Å². The Morgan fingerprint density at radius 1 is 1.13 bits per heavy atom. The van der Waals surface area contributed by atoms with Crippen LogP contribution in [0.4, 0.5) is 17.2 Å². The van der Waals surface area contributed by atoms with Gasteiger partial charge in [0.2, 0.25) is 5.82 Å². The molecule has 7 heteroatoms. The van der Waals surface area contributed by atoms with Gasteiger partial charge in [-0.3, -0.25) is 14.9 Å². The zero-order valence-corrected chi connectivity index (χ0v) is 18.0. The first kappa shape index (κ1) is 22.1. The van der Waals surface area contributed by atoms with Crippen LogP contribution < -0.4 is 5.32 Å². The summed E-state index contributed by atoms with van der Waals surface area (Å²) in [6.07, 6.45) is 2.92. The maximum atomic E-state index is 13.1. The van der Waals surface area contributed by atoms with Crippen LogP contribution >= 0.6 is 0 Å². The quantitative estimate of drug-likeness (QED) is 0.306. The van der Waals surface area contributed by atoms with Gasteiger partial charge in [-0.25, -0.2) is 4.98 Å². The van der Waals surface area contributed by atoms with Crippen molar-refractivity contribution >= 4 is 23.0 Å². The van der Waals surface area contributed by atoms with Crippen LogP contribution in [0.3, 0.4) is 0 Å². The number of benzene rings is 2. The molecule has 0 saturated heterocycles. The van der Waals surface area contributed by atoms with E-state index in [2.05, 4.69) is 10.3 Å². The summed E-state index contributed by atoms with van der Waals surface area (Å²) in [5, 5.41) is 14.9. The average molecular weight is 418 g/mol. The van der Waals surface area contributed by atoms with Gasteiger partial charge in [0.25, 0.3) is 0 Å². The Kier molecular flexibility index (Phi) is 7.10. The van der Waals surface area contributed by atoms with Crippen LogP contribution in [0, 0.1) is 17.0 Å². The number of hydrogen-bond acceptors (Lipinski definition) is 6. The number of nitro groups is 1. The van der Waals surface area contributed by atoms with Crippen molar-refractivity contribution in [3.8, 4) is 0 Å². The highest BCUT2D eigenvalue weighted by molar-refractivity contribution is 6.12. The van der Waals surface area contributed by atoms with Crippen molar-refractivity contribution in [1.29, 1.82) is 0 Å². The maximum absolute atomic E-state index is 13.1. The van der Waals surface area contributed by atoms with E-state index in [1.165, 1.54) is 0 Å². The minimum absolute atomic E-state index is 0.0556. The Bertz CT molecular complexity index is 1080. The molecule has 0 atom stereocenters. The van der Waals surface area contributed by atoms with Gasteiger partial charge in [-0.05, 0) is 58.6 Å². The first-order valence-electron chi connectivity index (χ1n) is 10.1. The lowest BCUT2D eigenvalue weighted by Crippen LogP contribution is -2.14. The molecule has 0 bridgehead atoms. The highest BCUT2D eigenvalue weighted by Gasteiger charge is 2.23. The van der Waals surface area contributed by atoms with E-state index < -0.39 is 4.92 Å². The van der Waals surface area contributed by atoms with Crippen molar-refractivity contribution in [1.82, 2.24) is 9.88 Å². The fourth-order valence-electron chi connectivity index (χ4n) is 3.40.